The highest BCUT2D eigenvalue weighted by Gasteiger charge is 2.12. The van der Waals surface area contributed by atoms with Crippen molar-refractivity contribution in [2.45, 2.75) is 4.90 Å². The molecule has 0 saturated carbocycles. The van der Waals surface area contributed by atoms with Crippen molar-refractivity contribution in [2.24, 2.45) is 0 Å². The van der Waals surface area contributed by atoms with E-state index in [1.807, 2.05) is 0 Å². The third-order valence-electron chi connectivity index (χ3n) is 4.05. The van der Waals surface area contributed by atoms with Crippen LogP contribution in [-0.4, -0.2) is 49.8 Å². The van der Waals surface area contributed by atoms with E-state index in [0.717, 1.165) is 17.1 Å². The monoisotopic (exact) mass is 446 g/mol. The van der Waals surface area contributed by atoms with Crippen LogP contribution in [0.2, 0.25) is 0 Å². The molecule has 9 nitrogen and oxygen atoms in total. The van der Waals surface area contributed by atoms with Crippen LogP contribution in [0.1, 0.15) is 10.6 Å². The number of hydrogen-bond acceptors (Lipinski definition) is 8. The Hall–Kier alpha value is -3.21. The molecule has 3 aromatic rings. The zero-order chi connectivity index (χ0) is 22.1. The van der Waals surface area contributed by atoms with Gasteiger partial charge in [-0.25, -0.2) is 5.48 Å². The standard InChI is InChI=1S/C21H22N2O7S/c1-27-10-11-29-16-4-7-18-14(12-16)13-19(30-18)20(24)22-8-9-28-15-2-5-17(6-3-15)31-21(25)23-26/h2-7,12-13,26H,8-11H2,1H3,(H,22,24)(H,23,25). The molecule has 1 aromatic heterocycles. The molecule has 0 bridgehead atoms. The van der Waals surface area contributed by atoms with Gasteiger partial charge in [0.05, 0.1) is 13.2 Å². The van der Waals surface area contributed by atoms with Crippen molar-refractivity contribution in [1.29, 1.82) is 0 Å². The Balaban J connectivity index is 1.46. The number of fused-ring (bicyclic) bond motifs is 1. The van der Waals surface area contributed by atoms with Crippen molar-refractivity contribution in [1.82, 2.24) is 10.8 Å². The van der Waals surface area contributed by atoms with Crippen molar-refractivity contribution >= 4 is 33.9 Å². The first-order valence-electron chi connectivity index (χ1n) is 9.37. The van der Waals surface area contributed by atoms with Crippen LogP contribution < -0.4 is 20.3 Å². The fourth-order valence-electron chi connectivity index (χ4n) is 2.62. The second-order valence-electron chi connectivity index (χ2n) is 6.23. The van der Waals surface area contributed by atoms with Crippen molar-refractivity contribution in [3.8, 4) is 11.5 Å². The van der Waals surface area contributed by atoms with E-state index in [0.29, 0.717) is 35.2 Å². The summed E-state index contributed by atoms with van der Waals surface area (Å²) in [6.07, 6.45) is 0. The molecular weight excluding hydrogens is 424 g/mol. The molecule has 0 fully saturated rings. The fourth-order valence-corrected chi connectivity index (χ4v) is 3.15. The van der Waals surface area contributed by atoms with Crippen molar-refractivity contribution in [3.05, 3.63) is 54.3 Å². The van der Waals surface area contributed by atoms with E-state index in [1.54, 1.807) is 61.1 Å². The van der Waals surface area contributed by atoms with Crippen LogP contribution in [0.25, 0.3) is 11.0 Å². The summed E-state index contributed by atoms with van der Waals surface area (Å²) in [7, 11) is 1.61. The first kappa shape index (κ1) is 22.5. The van der Waals surface area contributed by atoms with Crippen LogP contribution >= 0.6 is 11.8 Å². The van der Waals surface area contributed by atoms with Crippen molar-refractivity contribution < 1.29 is 33.4 Å². The van der Waals surface area contributed by atoms with Gasteiger partial charge in [-0.3, -0.25) is 14.8 Å². The Labute approximate surface area is 182 Å². The minimum absolute atomic E-state index is 0.201. The molecule has 3 rings (SSSR count). The van der Waals surface area contributed by atoms with E-state index in [9.17, 15) is 9.59 Å². The molecule has 0 saturated heterocycles. The average molecular weight is 446 g/mol. The number of carbonyl (C=O) groups excluding carboxylic acids is 2. The van der Waals surface area contributed by atoms with Gasteiger partial charge in [-0.15, -0.1) is 0 Å². The molecule has 0 spiro atoms. The molecule has 2 amide bonds. The Kier molecular flexibility index (Phi) is 8.16. The average Bonchev–Trinajstić information content (AvgIpc) is 3.21. The Morgan fingerprint density at radius 3 is 2.48 bits per heavy atom. The van der Waals surface area contributed by atoms with Crippen LogP contribution in [-0.2, 0) is 4.74 Å². The van der Waals surface area contributed by atoms with Gasteiger partial charge >= 0.3 is 5.24 Å². The van der Waals surface area contributed by atoms with E-state index >= 15 is 0 Å². The number of ether oxygens (including phenoxy) is 3. The summed E-state index contributed by atoms with van der Waals surface area (Å²) in [6, 6.07) is 13.8. The maximum atomic E-state index is 12.3. The van der Waals surface area contributed by atoms with E-state index < -0.39 is 5.24 Å². The third-order valence-corrected chi connectivity index (χ3v) is 4.83. The Morgan fingerprint density at radius 2 is 1.74 bits per heavy atom. The fraction of sp³-hybridized carbons (Fsp3) is 0.238. The first-order chi connectivity index (χ1) is 15.1. The minimum Gasteiger partial charge on any atom is -0.492 e. The second kappa shape index (κ2) is 11.3. The van der Waals surface area contributed by atoms with Gasteiger partial charge in [-0.2, -0.15) is 0 Å². The Morgan fingerprint density at radius 1 is 1.00 bits per heavy atom. The number of carbonyl (C=O) groups is 2. The largest absolute Gasteiger partial charge is 0.492 e. The zero-order valence-corrected chi connectivity index (χ0v) is 17.6. The number of amides is 2. The maximum absolute atomic E-state index is 12.3. The normalized spacial score (nSPS) is 10.6. The predicted octanol–water partition coefficient (Wildman–Crippen LogP) is 3.46. The van der Waals surface area contributed by atoms with Gasteiger partial charge in [0.2, 0.25) is 0 Å². The summed E-state index contributed by atoms with van der Waals surface area (Å²) >= 11 is 0.853. The van der Waals surface area contributed by atoms with Crippen LogP contribution in [0.4, 0.5) is 4.79 Å². The van der Waals surface area contributed by atoms with Gasteiger partial charge in [0.25, 0.3) is 5.91 Å². The maximum Gasteiger partial charge on any atom is 0.307 e. The van der Waals surface area contributed by atoms with Crippen molar-refractivity contribution in [3.63, 3.8) is 0 Å². The number of methoxy groups -OCH3 is 1. The number of furan rings is 1. The molecule has 0 aliphatic heterocycles. The highest BCUT2D eigenvalue weighted by Crippen LogP contribution is 2.24. The number of rotatable bonds is 10. The zero-order valence-electron chi connectivity index (χ0n) is 16.8. The number of hydrogen-bond donors (Lipinski definition) is 3. The van der Waals surface area contributed by atoms with E-state index in [1.165, 1.54) is 0 Å². The summed E-state index contributed by atoms with van der Waals surface area (Å²) in [5.41, 5.74) is 2.14. The lowest BCUT2D eigenvalue weighted by molar-refractivity contribution is 0.0921. The smallest absolute Gasteiger partial charge is 0.307 e. The summed E-state index contributed by atoms with van der Waals surface area (Å²) < 4.78 is 21.7. The van der Waals surface area contributed by atoms with Gasteiger partial charge in [0.1, 0.15) is 30.3 Å². The summed E-state index contributed by atoms with van der Waals surface area (Å²) in [5, 5.41) is 11.5. The highest BCUT2D eigenvalue weighted by molar-refractivity contribution is 8.13. The number of thioether (sulfide) groups is 1. The first-order valence-corrected chi connectivity index (χ1v) is 10.2. The molecule has 3 N–H and O–H groups in total. The van der Waals surface area contributed by atoms with E-state index in [2.05, 4.69) is 5.32 Å². The lowest BCUT2D eigenvalue weighted by Crippen LogP contribution is -2.27. The van der Waals surface area contributed by atoms with Gasteiger partial charge in [-0.05, 0) is 60.3 Å². The van der Waals surface area contributed by atoms with Gasteiger partial charge in [0.15, 0.2) is 5.76 Å². The molecule has 164 valence electrons. The molecule has 0 radical (unpaired) electrons. The Bertz CT molecular complexity index is 1020. The highest BCUT2D eigenvalue weighted by atomic mass is 32.2. The van der Waals surface area contributed by atoms with E-state index in [-0.39, 0.29) is 24.8 Å². The summed E-state index contributed by atoms with van der Waals surface area (Å²) in [5.74, 6) is 1.12. The third kappa shape index (κ3) is 6.64. The summed E-state index contributed by atoms with van der Waals surface area (Å²) in [4.78, 5) is 24.1. The lowest BCUT2D eigenvalue weighted by Gasteiger charge is -2.07. The molecule has 0 aliphatic carbocycles. The second-order valence-corrected chi connectivity index (χ2v) is 7.27. The predicted molar refractivity (Wildman–Crippen MR) is 114 cm³/mol. The van der Waals surface area contributed by atoms with Gasteiger partial charge in [-0.1, -0.05) is 0 Å². The van der Waals surface area contributed by atoms with E-state index in [4.69, 9.17) is 23.8 Å². The van der Waals surface area contributed by atoms with Gasteiger partial charge < -0.3 is 23.9 Å². The summed E-state index contributed by atoms with van der Waals surface area (Å²) in [6.45, 7) is 1.47. The van der Waals surface area contributed by atoms with Gasteiger partial charge in [0, 0.05) is 17.4 Å². The minimum atomic E-state index is -0.572. The molecule has 31 heavy (non-hydrogen) atoms. The van der Waals surface area contributed by atoms with Crippen LogP contribution in [0.15, 0.2) is 57.8 Å². The molecule has 0 aliphatic rings. The lowest BCUT2D eigenvalue weighted by atomic mass is 10.2. The molecule has 1 heterocycles. The van der Waals surface area contributed by atoms with Crippen molar-refractivity contribution in [2.75, 3.05) is 33.5 Å². The SMILES string of the molecule is COCCOc1ccc2oc(C(=O)NCCOc3ccc(SC(=O)NO)cc3)cc2c1. The van der Waals surface area contributed by atoms with Crippen LogP contribution in [0, 0.1) is 0 Å². The molecular formula is C21H22N2O7S. The topological polar surface area (TPSA) is 119 Å². The number of nitrogens with one attached hydrogen (secondary N) is 2. The number of hydroxylamine groups is 1. The molecule has 2 aromatic carbocycles. The molecule has 0 unspecified atom stereocenters. The molecule has 10 heteroatoms. The van der Waals surface area contributed by atoms with Crippen LogP contribution in [0.5, 0.6) is 11.5 Å². The molecule has 0 atom stereocenters. The van der Waals surface area contributed by atoms with Crippen LogP contribution in [0.3, 0.4) is 0 Å². The quantitative estimate of drug-likeness (QED) is 0.187. The number of benzene rings is 2.